The van der Waals surface area contributed by atoms with Gasteiger partial charge in [0.2, 0.25) is 5.91 Å². The molecule has 7 nitrogen and oxygen atoms in total. The van der Waals surface area contributed by atoms with Gasteiger partial charge < -0.3 is 9.64 Å². The molecule has 1 amide bonds. The van der Waals surface area contributed by atoms with Gasteiger partial charge in [-0.2, -0.15) is 0 Å². The zero-order chi connectivity index (χ0) is 17.2. The van der Waals surface area contributed by atoms with Gasteiger partial charge in [0.25, 0.3) is 0 Å². The lowest BCUT2D eigenvalue weighted by Crippen LogP contribution is -2.41. The molecule has 4 rings (SSSR count). The van der Waals surface area contributed by atoms with Gasteiger partial charge in [0.15, 0.2) is 0 Å². The zero-order valence-corrected chi connectivity index (χ0v) is 14.6. The number of benzene rings is 1. The SMILES string of the molecule is Cc1nnc(-c2ccc3cnc(CC(=O)N4CCOCC4)nc3c2)s1. The standard InChI is InChI=1S/C17H17N5O2S/c1-11-20-21-17(25-11)12-2-3-13-10-18-15(19-14(13)8-12)9-16(23)22-4-6-24-7-5-22/h2-3,8,10H,4-7,9H2,1H3. The predicted octanol–water partition coefficient (Wildman–Crippen LogP) is 1.86. The van der Waals surface area contributed by atoms with E-state index in [1.54, 1.807) is 22.4 Å². The first-order valence-corrected chi connectivity index (χ1v) is 8.92. The Kier molecular flexibility index (Phi) is 4.37. The zero-order valence-electron chi connectivity index (χ0n) is 13.8. The van der Waals surface area contributed by atoms with Crippen LogP contribution < -0.4 is 0 Å². The molecule has 0 atom stereocenters. The average molecular weight is 355 g/mol. The van der Waals surface area contributed by atoms with Gasteiger partial charge >= 0.3 is 0 Å². The number of nitrogens with zero attached hydrogens (tertiary/aromatic N) is 5. The fourth-order valence-corrected chi connectivity index (χ4v) is 3.44. The van der Waals surface area contributed by atoms with Crippen LogP contribution in [0.2, 0.25) is 0 Å². The minimum absolute atomic E-state index is 0.0403. The second-order valence-electron chi connectivity index (χ2n) is 5.86. The number of morpholine rings is 1. The van der Waals surface area contributed by atoms with E-state index >= 15 is 0 Å². The number of hydrogen-bond acceptors (Lipinski definition) is 7. The number of amides is 1. The van der Waals surface area contributed by atoms with Crippen LogP contribution in [0.25, 0.3) is 21.5 Å². The summed E-state index contributed by atoms with van der Waals surface area (Å²) in [6.07, 6.45) is 1.97. The molecule has 3 heterocycles. The molecular formula is C17H17N5O2S. The van der Waals surface area contributed by atoms with Crippen molar-refractivity contribution in [1.29, 1.82) is 0 Å². The molecule has 25 heavy (non-hydrogen) atoms. The molecule has 1 aliphatic heterocycles. The Bertz CT molecular complexity index is 920. The summed E-state index contributed by atoms with van der Waals surface area (Å²) in [4.78, 5) is 23.1. The predicted molar refractivity (Wildman–Crippen MR) is 94.3 cm³/mol. The van der Waals surface area contributed by atoms with E-state index in [0.717, 1.165) is 26.5 Å². The van der Waals surface area contributed by atoms with Crippen molar-refractivity contribution in [2.45, 2.75) is 13.3 Å². The molecular weight excluding hydrogens is 338 g/mol. The molecule has 1 aliphatic rings. The van der Waals surface area contributed by atoms with Gasteiger partial charge in [-0.05, 0) is 13.0 Å². The van der Waals surface area contributed by atoms with Crippen molar-refractivity contribution < 1.29 is 9.53 Å². The van der Waals surface area contributed by atoms with Gasteiger partial charge in [-0.15, -0.1) is 10.2 Å². The number of ether oxygens (including phenoxy) is 1. The van der Waals surface area contributed by atoms with Crippen molar-refractivity contribution >= 4 is 28.1 Å². The third-order valence-corrected chi connectivity index (χ3v) is 4.97. The van der Waals surface area contributed by atoms with Gasteiger partial charge in [0.1, 0.15) is 15.8 Å². The molecule has 3 aromatic rings. The molecule has 128 valence electrons. The Morgan fingerprint density at radius 2 is 2.12 bits per heavy atom. The van der Waals surface area contributed by atoms with Crippen LogP contribution in [0.1, 0.15) is 10.8 Å². The Balaban J connectivity index is 1.59. The van der Waals surface area contributed by atoms with E-state index in [-0.39, 0.29) is 12.3 Å². The molecule has 1 aromatic carbocycles. The second kappa shape index (κ2) is 6.81. The van der Waals surface area contributed by atoms with Crippen LogP contribution in [-0.2, 0) is 16.0 Å². The number of aromatic nitrogens is 4. The average Bonchev–Trinajstić information content (AvgIpc) is 3.08. The lowest BCUT2D eigenvalue weighted by molar-refractivity contribution is -0.134. The third kappa shape index (κ3) is 3.49. The number of fused-ring (bicyclic) bond motifs is 1. The summed E-state index contributed by atoms with van der Waals surface area (Å²) in [7, 11) is 0. The highest BCUT2D eigenvalue weighted by molar-refractivity contribution is 7.14. The van der Waals surface area contributed by atoms with Crippen LogP contribution in [-0.4, -0.2) is 57.3 Å². The van der Waals surface area contributed by atoms with Crippen molar-refractivity contribution in [1.82, 2.24) is 25.1 Å². The van der Waals surface area contributed by atoms with Crippen LogP contribution >= 0.6 is 11.3 Å². The fourth-order valence-electron chi connectivity index (χ4n) is 2.75. The lowest BCUT2D eigenvalue weighted by Gasteiger charge is -2.26. The quantitative estimate of drug-likeness (QED) is 0.713. The largest absolute Gasteiger partial charge is 0.378 e. The van der Waals surface area contributed by atoms with Gasteiger partial charge in [0.05, 0.1) is 25.2 Å². The van der Waals surface area contributed by atoms with Gasteiger partial charge in [-0.1, -0.05) is 23.5 Å². The summed E-state index contributed by atoms with van der Waals surface area (Å²) in [6, 6.07) is 5.93. The summed E-state index contributed by atoms with van der Waals surface area (Å²) >= 11 is 1.54. The summed E-state index contributed by atoms with van der Waals surface area (Å²) in [6.45, 7) is 4.38. The molecule has 0 bridgehead atoms. The Labute approximate surface area is 148 Å². The highest BCUT2D eigenvalue weighted by atomic mass is 32.1. The molecule has 0 unspecified atom stereocenters. The second-order valence-corrected chi connectivity index (χ2v) is 7.04. The van der Waals surface area contributed by atoms with E-state index in [2.05, 4.69) is 20.2 Å². The monoisotopic (exact) mass is 355 g/mol. The van der Waals surface area contributed by atoms with E-state index < -0.39 is 0 Å². The van der Waals surface area contributed by atoms with Crippen molar-refractivity contribution in [2.24, 2.45) is 0 Å². The molecule has 0 spiro atoms. The van der Waals surface area contributed by atoms with Crippen molar-refractivity contribution in [3.8, 4) is 10.6 Å². The fraction of sp³-hybridized carbons (Fsp3) is 0.353. The summed E-state index contributed by atoms with van der Waals surface area (Å²) in [5.41, 5.74) is 1.78. The molecule has 0 N–H and O–H groups in total. The molecule has 8 heteroatoms. The first-order valence-electron chi connectivity index (χ1n) is 8.11. The number of aryl methyl sites for hydroxylation is 1. The van der Waals surface area contributed by atoms with E-state index in [9.17, 15) is 4.79 Å². The molecule has 0 aliphatic carbocycles. The van der Waals surface area contributed by atoms with E-state index in [0.29, 0.717) is 32.1 Å². The topological polar surface area (TPSA) is 81.1 Å². The summed E-state index contributed by atoms with van der Waals surface area (Å²) in [5.74, 6) is 0.577. The van der Waals surface area contributed by atoms with Crippen molar-refractivity contribution in [2.75, 3.05) is 26.3 Å². The van der Waals surface area contributed by atoms with Crippen LogP contribution in [0.5, 0.6) is 0 Å². The van der Waals surface area contributed by atoms with E-state index in [1.807, 2.05) is 25.1 Å². The van der Waals surface area contributed by atoms with Crippen molar-refractivity contribution in [3.63, 3.8) is 0 Å². The molecule has 0 saturated carbocycles. The molecule has 1 saturated heterocycles. The van der Waals surface area contributed by atoms with Gasteiger partial charge in [0, 0.05) is 30.2 Å². The Morgan fingerprint density at radius 3 is 2.88 bits per heavy atom. The van der Waals surface area contributed by atoms with Gasteiger partial charge in [-0.25, -0.2) is 9.97 Å². The number of carbonyl (C=O) groups excluding carboxylic acids is 1. The Morgan fingerprint density at radius 1 is 1.28 bits per heavy atom. The van der Waals surface area contributed by atoms with E-state index in [1.165, 1.54) is 0 Å². The maximum atomic E-state index is 12.4. The molecule has 2 aromatic heterocycles. The van der Waals surface area contributed by atoms with Crippen LogP contribution in [0.4, 0.5) is 0 Å². The molecule has 1 fully saturated rings. The van der Waals surface area contributed by atoms with Crippen LogP contribution in [0.15, 0.2) is 24.4 Å². The highest BCUT2D eigenvalue weighted by Gasteiger charge is 2.18. The minimum Gasteiger partial charge on any atom is -0.378 e. The first kappa shape index (κ1) is 16.0. The number of carbonyl (C=O) groups is 1. The highest BCUT2D eigenvalue weighted by Crippen LogP contribution is 2.25. The Hall–Kier alpha value is -2.45. The summed E-state index contributed by atoms with van der Waals surface area (Å²) < 4.78 is 5.28. The van der Waals surface area contributed by atoms with Crippen LogP contribution in [0, 0.1) is 6.92 Å². The molecule has 0 radical (unpaired) electrons. The normalized spacial score (nSPS) is 14.8. The lowest BCUT2D eigenvalue weighted by atomic mass is 10.1. The minimum atomic E-state index is 0.0403. The third-order valence-electron chi connectivity index (χ3n) is 4.08. The smallest absolute Gasteiger partial charge is 0.230 e. The van der Waals surface area contributed by atoms with Crippen LogP contribution in [0.3, 0.4) is 0 Å². The first-order chi connectivity index (χ1) is 12.2. The van der Waals surface area contributed by atoms with Gasteiger partial charge in [-0.3, -0.25) is 4.79 Å². The summed E-state index contributed by atoms with van der Waals surface area (Å²) in [5, 5.41) is 11.0. The van der Waals surface area contributed by atoms with Crippen molar-refractivity contribution in [3.05, 3.63) is 35.2 Å². The maximum absolute atomic E-state index is 12.4. The maximum Gasteiger partial charge on any atom is 0.230 e. The number of hydrogen-bond donors (Lipinski definition) is 0. The van der Waals surface area contributed by atoms with E-state index in [4.69, 9.17) is 4.74 Å². The number of rotatable bonds is 3.